The molecule has 4 heteroatoms. The van der Waals surface area contributed by atoms with E-state index in [0.717, 1.165) is 17.3 Å². The first-order chi connectivity index (χ1) is 7.59. The Hall–Kier alpha value is -1.55. The zero-order valence-corrected chi connectivity index (χ0v) is 9.50. The molecule has 2 rings (SSSR count). The molecule has 1 aromatic rings. The molecule has 1 aromatic carbocycles. The van der Waals surface area contributed by atoms with Crippen LogP contribution < -0.4 is 0 Å². The van der Waals surface area contributed by atoms with Crippen LogP contribution in [0, 0.1) is 6.92 Å². The molecule has 1 aliphatic heterocycles. The third-order valence-corrected chi connectivity index (χ3v) is 3.22. The van der Waals surface area contributed by atoms with Crippen molar-refractivity contribution in [1.29, 1.82) is 0 Å². The molecule has 1 heterocycles. The lowest BCUT2D eigenvalue weighted by molar-refractivity contribution is -0.115. The lowest BCUT2D eigenvalue weighted by Gasteiger charge is -2.03. The maximum atomic E-state index is 11.4. The summed E-state index contributed by atoms with van der Waals surface area (Å²) in [6.45, 7) is 1.88. The van der Waals surface area contributed by atoms with Crippen LogP contribution in [0.15, 0.2) is 29.8 Å². The fraction of sp³-hybridized carbons (Fsp3) is 0.167. The minimum Gasteiger partial charge on any atom is -0.506 e. The summed E-state index contributed by atoms with van der Waals surface area (Å²) in [5.41, 5.74) is 1.41. The highest BCUT2D eigenvalue weighted by Gasteiger charge is 2.31. The van der Waals surface area contributed by atoms with E-state index < -0.39 is 0 Å². The normalized spacial score (nSPS) is 19.1. The average Bonchev–Trinajstić information content (AvgIpc) is 2.58. The maximum absolute atomic E-state index is 11.4. The van der Waals surface area contributed by atoms with Gasteiger partial charge in [0.05, 0.1) is 5.75 Å². The number of rotatable bonds is 1. The third kappa shape index (κ3) is 1.88. The number of hydrogen-bond donors (Lipinski definition) is 1. The van der Waals surface area contributed by atoms with E-state index in [4.69, 9.17) is 0 Å². The van der Waals surface area contributed by atoms with Gasteiger partial charge in [-0.2, -0.15) is 0 Å². The second-order valence-corrected chi connectivity index (χ2v) is 4.54. The Labute approximate surface area is 97.2 Å². The lowest BCUT2D eigenvalue weighted by atomic mass is 10.0. The number of hydrogen-bond acceptors (Lipinski definition) is 4. The molecule has 0 atom stereocenters. The quantitative estimate of drug-likeness (QED) is 0.459. The van der Waals surface area contributed by atoms with Crippen LogP contribution in [0.4, 0.5) is 0 Å². The Morgan fingerprint density at radius 2 is 2.12 bits per heavy atom. The number of aliphatic hydroxyl groups excluding tert-OH is 1. The fourth-order valence-corrected chi connectivity index (χ4v) is 2.32. The molecule has 0 radical (unpaired) electrons. The van der Waals surface area contributed by atoms with Crippen molar-refractivity contribution in [3.05, 3.63) is 41.0 Å². The van der Waals surface area contributed by atoms with Crippen molar-refractivity contribution in [2.24, 2.45) is 0 Å². The largest absolute Gasteiger partial charge is 0.506 e. The lowest BCUT2D eigenvalue weighted by Crippen LogP contribution is -2.05. The van der Waals surface area contributed by atoms with E-state index in [1.165, 1.54) is 0 Å². The minimum absolute atomic E-state index is 0.0735. The number of thioether (sulfide) groups is 1. The zero-order valence-electron chi connectivity index (χ0n) is 8.69. The third-order valence-electron chi connectivity index (χ3n) is 2.35. The van der Waals surface area contributed by atoms with Crippen molar-refractivity contribution in [2.75, 3.05) is 5.75 Å². The summed E-state index contributed by atoms with van der Waals surface area (Å²) in [7, 11) is 0. The number of carbonyl (C=O) groups excluding carboxylic acids is 2. The zero-order chi connectivity index (χ0) is 11.7. The Balaban J connectivity index is 2.52. The van der Waals surface area contributed by atoms with Gasteiger partial charge in [-0.25, -0.2) is 0 Å². The van der Waals surface area contributed by atoms with E-state index in [-0.39, 0.29) is 28.0 Å². The first-order valence-electron chi connectivity index (χ1n) is 4.80. The first-order valence-corrected chi connectivity index (χ1v) is 5.79. The molecule has 1 saturated heterocycles. The first kappa shape index (κ1) is 11.0. The number of benzene rings is 1. The van der Waals surface area contributed by atoms with E-state index in [1.54, 1.807) is 18.2 Å². The van der Waals surface area contributed by atoms with Crippen molar-refractivity contribution in [2.45, 2.75) is 6.92 Å². The topological polar surface area (TPSA) is 54.4 Å². The predicted molar refractivity (Wildman–Crippen MR) is 63.2 cm³/mol. The molecule has 0 unspecified atom stereocenters. The van der Waals surface area contributed by atoms with Gasteiger partial charge < -0.3 is 5.11 Å². The van der Waals surface area contributed by atoms with Gasteiger partial charge in [0.2, 0.25) is 5.12 Å². The average molecular weight is 234 g/mol. The molecule has 16 heavy (non-hydrogen) atoms. The molecular weight excluding hydrogens is 224 g/mol. The van der Waals surface area contributed by atoms with Crippen LogP contribution >= 0.6 is 11.8 Å². The molecule has 1 N–H and O–H groups in total. The summed E-state index contributed by atoms with van der Waals surface area (Å²) in [5, 5.41) is 9.57. The summed E-state index contributed by atoms with van der Waals surface area (Å²) in [6, 6.07) is 7.08. The van der Waals surface area contributed by atoms with Crippen molar-refractivity contribution in [3.63, 3.8) is 0 Å². The summed E-state index contributed by atoms with van der Waals surface area (Å²) in [6.07, 6.45) is 0. The standard InChI is InChI=1S/C12H10O3S/c1-7-3-2-4-8(5-7)11(14)10-9(13)6-16-12(10)15/h2-5,14H,6H2,1H3/b11-10-. The highest BCUT2D eigenvalue weighted by molar-refractivity contribution is 8.15. The molecule has 1 aliphatic rings. The van der Waals surface area contributed by atoms with Gasteiger partial charge in [0.25, 0.3) is 0 Å². The van der Waals surface area contributed by atoms with Crippen molar-refractivity contribution >= 4 is 28.4 Å². The van der Waals surface area contributed by atoms with Crippen LogP contribution in [-0.2, 0) is 9.59 Å². The highest BCUT2D eigenvalue weighted by atomic mass is 32.2. The van der Waals surface area contributed by atoms with Crippen LogP contribution in [0.3, 0.4) is 0 Å². The number of Topliss-reactive ketones (excluding diaryl/α,β-unsaturated/α-hetero) is 1. The summed E-state index contributed by atoms with van der Waals surface area (Å²) < 4.78 is 0. The molecule has 82 valence electrons. The minimum atomic E-state index is -0.344. The van der Waals surface area contributed by atoms with E-state index in [9.17, 15) is 14.7 Å². The molecule has 0 spiro atoms. The predicted octanol–water partition coefficient (Wildman–Crippen LogP) is 2.11. The van der Waals surface area contributed by atoms with Gasteiger partial charge in [-0.15, -0.1) is 0 Å². The van der Waals surface area contributed by atoms with Crippen molar-refractivity contribution in [3.8, 4) is 0 Å². The molecule has 0 bridgehead atoms. The summed E-state index contributed by atoms with van der Waals surface area (Å²) in [4.78, 5) is 22.8. The number of ketones is 1. The SMILES string of the molecule is Cc1cccc(/C(O)=C2\C(=O)CSC2=O)c1. The van der Waals surface area contributed by atoms with Crippen LogP contribution in [0.25, 0.3) is 5.76 Å². The molecule has 0 aliphatic carbocycles. The van der Waals surface area contributed by atoms with Crippen LogP contribution in [0.2, 0.25) is 0 Å². The van der Waals surface area contributed by atoms with Crippen molar-refractivity contribution in [1.82, 2.24) is 0 Å². The van der Waals surface area contributed by atoms with Crippen LogP contribution in [0.5, 0.6) is 0 Å². The molecule has 3 nitrogen and oxygen atoms in total. The smallest absolute Gasteiger partial charge is 0.227 e. The molecular formula is C12H10O3S. The number of aryl methyl sites for hydroxylation is 1. The highest BCUT2D eigenvalue weighted by Crippen LogP contribution is 2.28. The van der Waals surface area contributed by atoms with Gasteiger partial charge in [0.15, 0.2) is 5.78 Å². The number of carbonyl (C=O) groups is 2. The monoisotopic (exact) mass is 234 g/mol. The Morgan fingerprint density at radius 1 is 1.38 bits per heavy atom. The molecule has 1 fully saturated rings. The second-order valence-electron chi connectivity index (χ2n) is 3.59. The van der Waals surface area contributed by atoms with Crippen LogP contribution in [-0.4, -0.2) is 21.8 Å². The van der Waals surface area contributed by atoms with E-state index >= 15 is 0 Å². The summed E-state index contributed by atoms with van der Waals surface area (Å²) >= 11 is 0.934. The summed E-state index contributed by atoms with van der Waals surface area (Å²) in [5.74, 6) is -0.373. The molecule has 0 aromatic heterocycles. The van der Waals surface area contributed by atoms with E-state index in [0.29, 0.717) is 5.56 Å². The van der Waals surface area contributed by atoms with Gasteiger partial charge in [0, 0.05) is 5.56 Å². The van der Waals surface area contributed by atoms with Gasteiger partial charge >= 0.3 is 0 Å². The fourth-order valence-electron chi connectivity index (χ4n) is 1.55. The van der Waals surface area contributed by atoms with Gasteiger partial charge in [-0.05, 0) is 13.0 Å². The van der Waals surface area contributed by atoms with Gasteiger partial charge in [0.1, 0.15) is 11.3 Å². The Kier molecular flexibility index (Phi) is 2.83. The number of aliphatic hydroxyl groups is 1. The molecule has 0 saturated carbocycles. The molecule has 0 amide bonds. The Bertz CT molecular complexity index is 485. The Morgan fingerprint density at radius 3 is 2.69 bits per heavy atom. The maximum Gasteiger partial charge on any atom is 0.227 e. The van der Waals surface area contributed by atoms with Gasteiger partial charge in [-0.3, -0.25) is 9.59 Å². The van der Waals surface area contributed by atoms with E-state index in [2.05, 4.69) is 0 Å². The second kappa shape index (κ2) is 4.14. The van der Waals surface area contributed by atoms with E-state index in [1.807, 2.05) is 13.0 Å². The van der Waals surface area contributed by atoms with Crippen LogP contribution in [0.1, 0.15) is 11.1 Å². The van der Waals surface area contributed by atoms with Crippen molar-refractivity contribution < 1.29 is 14.7 Å². The van der Waals surface area contributed by atoms with Gasteiger partial charge in [-0.1, -0.05) is 35.5 Å².